The summed E-state index contributed by atoms with van der Waals surface area (Å²) in [5.74, 6) is -0.610. The largest absolute Gasteiger partial charge is 0.466 e. The number of hydrogen-bond donors (Lipinski definition) is 0. The summed E-state index contributed by atoms with van der Waals surface area (Å²) in [6.45, 7) is 4.62. The minimum Gasteiger partial charge on any atom is -0.466 e. The second-order valence-electron chi connectivity index (χ2n) is 5.84. The summed E-state index contributed by atoms with van der Waals surface area (Å²) in [5, 5.41) is 0. The molecule has 3 rings (SSSR count). The summed E-state index contributed by atoms with van der Waals surface area (Å²) in [7, 11) is 0. The number of para-hydroxylation sites is 2. The zero-order valence-corrected chi connectivity index (χ0v) is 13.0. The minimum atomic E-state index is -0.348. The van der Waals surface area contributed by atoms with Crippen molar-refractivity contribution in [2.45, 2.75) is 26.2 Å². The number of esters is 1. The third-order valence-corrected chi connectivity index (χ3v) is 4.36. The van der Waals surface area contributed by atoms with Gasteiger partial charge in [0.2, 0.25) is 5.91 Å². The van der Waals surface area contributed by atoms with Gasteiger partial charge in [-0.2, -0.15) is 0 Å². The molecule has 118 valence electrons. The molecule has 0 N–H and O–H groups in total. The van der Waals surface area contributed by atoms with E-state index in [4.69, 9.17) is 4.74 Å². The smallest absolute Gasteiger partial charge is 0.311 e. The van der Waals surface area contributed by atoms with E-state index in [-0.39, 0.29) is 24.2 Å². The van der Waals surface area contributed by atoms with Gasteiger partial charge < -0.3 is 14.5 Å². The van der Waals surface area contributed by atoms with Gasteiger partial charge in [-0.05, 0) is 31.9 Å². The molecule has 2 aliphatic rings. The Bertz CT molecular complexity index is 567. The van der Waals surface area contributed by atoms with Crippen molar-refractivity contribution in [3.05, 3.63) is 24.3 Å². The van der Waals surface area contributed by atoms with Gasteiger partial charge in [-0.15, -0.1) is 0 Å². The third kappa shape index (κ3) is 2.80. The molecule has 5 heteroatoms. The molecule has 0 aliphatic carbocycles. The van der Waals surface area contributed by atoms with Crippen LogP contribution in [0.5, 0.6) is 0 Å². The maximum absolute atomic E-state index is 12.4. The molecule has 0 unspecified atom stereocenters. The first-order valence-electron chi connectivity index (χ1n) is 8.01. The van der Waals surface area contributed by atoms with E-state index in [0.29, 0.717) is 13.2 Å². The SMILES string of the molecule is CCOC(=O)[C@H]1CC(=O)N(c2ccccc2N2CCCC2)C1. The fourth-order valence-electron chi connectivity index (χ4n) is 3.28. The molecule has 22 heavy (non-hydrogen) atoms. The normalized spacial score (nSPS) is 21.5. The molecular weight excluding hydrogens is 280 g/mol. The number of rotatable bonds is 4. The second-order valence-corrected chi connectivity index (χ2v) is 5.84. The van der Waals surface area contributed by atoms with Crippen LogP contribution in [0.4, 0.5) is 11.4 Å². The predicted molar refractivity (Wildman–Crippen MR) is 85.0 cm³/mol. The zero-order chi connectivity index (χ0) is 15.5. The van der Waals surface area contributed by atoms with Crippen LogP contribution in [0.25, 0.3) is 0 Å². The molecule has 2 fully saturated rings. The van der Waals surface area contributed by atoms with Crippen LogP contribution in [0.2, 0.25) is 0 Å². The molecule has 1 aromatic rings. The molecule has 2 aliphatic heterocycles. The highest BCUT2D eigenvalue weighted by Crippen LogP contribution is 2.35. The summed E-state index contributed by atoms with van der Waals surface area (Å²) in [5.41, 5.74) is 2.01. The number of ether oxygens (including phenoxy) is 1. The first-order chi connectivity index (χ1) is 10.7. The number of hydrogen-bond acceptors (Lipinski definition) is 4. The number of carbonyl (C=O) groups excluding carboxylic acids is 2. The van der Waals surface area contributed by atoms with Crippen molar-refractivity contribution in [3.63, 3.8) is 0 Å². The third-order valence-electron chi connectivity index (χ3n) is 4.36. The number of amides is 1. The average Bonchev–Trinajstić information content (AvgIpc) is 3.17. The van der Waals surface area contributed by atoms with Crippen LogP contribution < -0.4 is 9.80 Å². The first-order valence-corrected chi connectivity index (χ1v) is 8.01. The van der Waals surface area contributed by atoms with Gasteiger partial charge in [-0.1, -0.05) is 12.1 Å². The first kappa shape index (κ1) is 14.9. The van der Waals surface area contributed by atoms with E-state index in [1.54, 1.807) is 11.8 Å². The van der Waals surface area contributed by atoms with E-state index in [9.17, 15) is 9.59 Å². The van der Waals surface area contributed by atoms with Crippen molar-refractivity contribution in [2.75, 3.05) is 36.0 Å². The molecule has 2 heterocycles. The molecular formula is C17H22N2O3. The van der Waals surface area contributed by atoms with Crippen molar-refractivity contribution in [1.29, 1.82) is 0 Å². The summed E-state index contributed by atoms with van der Waals surface area (Å²) in [6.07, 6.45) is 2.62. The van der Waals surface area contributed by atoms with E-state index in [0.717, 1.165) is 24.5 Å². The maximum atomic E-state index is 12.4. The van der Waals surface area contributed by atoms with Crippen molar-refractivity contribution in [2.24, 2.45) is 5.92 Å². The van der Waals surface area contributed by atoms with Gasteiger partial charge in [0.1, 0.15) is 0 Å². The maximum Gasteiger partial charge on any atom is 0.311 e. The highest BCUT2D eigenvalue weighted by molar-refractivity contribution is 6.01. The highest BCUT2D eigenvalue weighted by atomic mass is 16.5. The van der Waals surface area contributed by atoms with E-state index in [1.165, 1.54) is 12.8 Å². The lowest BCUT2D eigenvalue weighted by molar-refractivity contribution is -0.147. The molecule has 1 atom stereocenters. The van der Waals surface area contributed by atoms with Gasteiger partial charge in [-0.25, -0.2) is 0 Å². The summed E-state index contributed by atoms with van der Waals surface area (Å²) < 4.78 is 5.06. The van der Waals surface area contributed by atoms with E-state index < -0.39 is 0 Å². The molecule has 5 nitrogen and oxygen atoms in total. The molecule has 0 spiro atoms. The molecule has 0 bridgehead atoms. The van der Waals surface area contributed by atoms with Crippen LogP contribution in [0.1, 0.15) is 26.2 Å². The Labute approximate surface area is 130 Å². The van der Waals surface area contributed by atoms with Crippen molar-refractivity contribution in [3.8, 4) is 0 Å². The van der Waals surface area contributed by atoms with E-state index >= 15 is 0 Å². The van der Waals surface area contributed by atoms with Crippen LogP contribution >= 0.6 is 0 Å². The van der Waals surface area contributed by atoms with Crippen LogP contribution in [0.3, 0.4) is 0 Å². The number of anilines is 2. The van der Waals surface area contributed by atoms with Crippen LogP contribution in [-0.2, 0) is 14.3 Å². The lowest BCUT2D eigenvalue weighted by Gasteiger charge is -2.26. The van der Waals surface area contributed by atoms with Crippen LogP contribution in [0, 0.1) is 5.92 Å². The standard InChI is InChI=1S/C17H22N2O3/c1-2-22-17(21)13-11-16(20)19(12-13)15-8-4-3-7-14(15)18-9-5-6-10-18/h3-4,7-8,13H,2,5-6,9-12H2,1H3/t13-/m0/s1. The molecule has 2 saturated heterocycles. The Hall–Kier alpha value is -2.04. The summed E-state index contributed by atoms with van der Waals surface area (Å²) >= 11 is 0. The van der Waals surface area contributed by atoms with Gasteiger partial charge in [0.05, 0.1) is 23.9 Å². The fraction of sp³-hybridized carbons (Fsp3) is 0.529. The van der Waals surface area contributed by atoms with E-state index in [1.807, 2.05) is 18.2 Å². The molecule has 0 saturated carbocycles. The highest BCUT2D eigenvalue weighted by Gasteiger charge is 2.37. The molecule has 0 aromatic heterocycles. The number of nitrogens with zero attached hydrogens (tertiary/aromatic N) is 2. The Kier molecular flexibility index (Phi) is 4.32. The van der Waals surface area contributed by atoms with Crippen LogP contribution in [0.15, 0.2) is 24.3 Å². The monoisotopic (exact) mass is 302 g/mol. The Morgan fingerprint density at radius 3 is 2.59 bits per heavy atom. The van der Waals surface area contributed by atoms with Gasteiger partial charge in [0.25, 0.3) is 0 Å². The quantitative estimate of drug-likeness (QED) is 0.800. The van der Waals surface area contributed by atoms with Crippen molar-refractivity contribution < 1.29 is 14.3 Å². The average molecular weight is 302 g/mol. The number of carbonyl (C=O) groups is 2. The van der Waals surface area contributed by atoms with Gasteiger partial charge in [0, 0.05) is 26.1 Å². The van der Waals surface area contributed by atoms with Gasteiger partial charge in [0.15, 0.2) is 0 Å². The Balaban J connectivity index is 1.82. The molecule has 1 amide bonds. The number of benzene rings is 1. The van der Waals surface area contributed by atoms with Gasteiger partial charge >= 0.3 is 5.97 Å². The Morgan fingerprint density at radius 2 is 1.91 bits per heavy atom. The second kappa shape index (κ2) is 6.38. The topological polar surface area (TPSA) is 49.9 Å². The fourth-order valence-corrected chi connectivity index (χ4v) is 3.28. The minimum absolute atomic E-state index is 0.00435. The zero-order valence-electron chi connectivity index (χ0n) is 13.0. The van der Waals surface area contributed by atoms with Crippen molar-refractivity contribution >= 4 is 23.3 Å². The lowest BCUT2D eigenvalue weighted by Crippen LogP contribution is -2.29. The van der Waals surface area contributed by atoms with Crippen LogP contribution in [-0.4, -0.2) is 38.1 Å². The summed E-state index contributed by atoms with van der Waals surface area (Å²) in [6, 6.07) is 7.98. The molecule has 0 radical (unpaired) electrons. The lowest BCUT2D eigenvalue weighted by atomic mass is 10.1. The van der Waals surface area contributed by atoms with Crippen molar-refractivity contribution in [1.82, 2.24) is 0 Å². The molecule has 1 aromatic carbocycles. The van der Waals surface area contributed by atoms with E-state index in [2.05, 4.69) is 11.0 Å². The van der Waals surface area contributed by atoms with Gasteiger partial charge in [-0.3, -0.25) is 9.59 Å². The summed E-state index contributed by atoms with van der Waals surface area (Å²) in [4.78, 5) is 28.3. The Morgan fingerprint density at radius 1 is 1.23 bits per heavy atom. The predicted octanol–water partition coefficient (Wildman–Crippen LogP) is 2.20.